The van der Waals surface area contributed by atoms with E-state index in [1.54, 1.807) is 0 Å². The second-order valence-corrected chi connectivity index (χ2v) is 10.3. The van der Waals surface area contributed by atoms with Crippen molar-refractivity contribution in [1.82, 2.24) is 5.32 Å². The molecule has 0 spiro atoms. The first-order valence-corrected chi connectivity index (χ1v) is 9.95. The highest BCUT2D eigenvalue weighted by atomic mass is 28.4. The summed E-state index contributed by atoms with van der Waals surface area (Å²) in [6.45, 7) is 8.94. The molecule has 2 nitrogen and oxygen atoms in total. The fraction of sp³-hybridized carbons (Fsp3) is 0.571. The molecule has 0 aliphatic carbocycles. The molecule has 0 radical (unpaired) electrons. The van der Waals surface area contributed by atoms with Crippen molar-refractivity contribution in [3.05, 3.63) is 29.8 Å². The molecule has 0 amide bonds. The molecule has 0 bridgehead atoms. The summed E-state index contributed by atoms with van der Waals surface area (Å²) in [6, 6.07) is 8.71. The Morgan fingerprint density at radius 1 is 1.18 bits per heavy atom. The Morgan fingerprint density at radius 3 is 2.41 bits per heavy atom. The van der Waals surface area contributed by atoms with E-state index < -0.39 is 8.32 Å². The summed E-state index contributed by atoms with van der Waals surface area (Å²) in [5.74, 6) is 1.71. The van der Waals surface area contributed by atoms with E-state index >= 15 is 0 Å². The van der Waals surface area contributed by atoms with Crippen LogP contribution in [0.1, 0.15) is 24.3 Å². The molecule has 1 aliphatic heterocycles. The van der Waals surface area contributed by atoms with Gasteiger partial charge in [0.2, 0.25) is 8.32 Å². The van der Waals surface area contributed by atoms with Gasteiger partial charge in [-0.15, -0.1) is 0 Å². The van der Waals surface area contributed by atoms with Crippen LogP contribution in [0.5, 0.6) is 5.75 Å². The van der Waals surface area contributed by atoms with Crippen LogP contribution in [0.4, 0.5) is 0 Å². The lowest BCUT2D eigenvalue weighted by molar-refractivity contribution is 0.461. The summed E-state index contributed by atoms with van der Waals surface area (Å²) in [4.78, 5) is 0. The molecular formula is C14H23NOSi. The highest BCUT2D eigenvalue weighted by Crippen LogP contribution is 2.25. The van der Waals surface area contributed by atoms with Crippen LogP contribution >= 0.6 is 0 Å². The van der Waals surface area contributed by atoms with Crippen molar-refractivity contribution in [1.29, 1.82) is 0 Å². The number of benzene rings is 1. The lowest BCUT2D eigenvalue weighted by Gasteiger charge is -2.24. The van der Waals surface area contributed by atoms with E-state index in [1.807, 2.05) is 0 Å². The molecule has 2 rings (SSSR count). The van der Waals surface area contributed by atoms with Gasteiger partial charge in [0, 0.05) is 6.54 Å². The van der Waals surface area contributed by atoms with E-state index in [0.29, 0.717) is 5.92 Å². The maximum Gasteiger partial charge on any atom is 0.242 e. The number of hydrogen-bond acceptors (Lipinski definition) is 2. The molecule has 1 atom stereocenters. The van der Waals surface area contributed by atoms with Gasteiger partial charge in [-0.3, -0.25) is 0 Å². The van der Waals surface area contributed by atoms with Gasteiger partial charge in [-0.05, 0) is 62.6 Å². The Bertz CT molecular complexity index is 349. The van der Waals surface area contributed by atoms with Gasteiger partial charge >= 0.3 is 0 Å². The molecule has 94 valence electrons. The Labute approximate surface area is 106 Å². The van der Waals surface area contributed by atoms with Crippen LogP contribution in [-0.2, 0) is 0 Å². The Hall–Kier alpha value is -0.803. The third-order valence-electron chi connectivity index (χ3n) is 3.07. The van der Waals surface area contributed by atoms with Crippen LogP contribution in [0.2, 0.25) is 19.6 Å². The molecule has 1 aromatic rings. The number of nitrogens with one attached hydrogen (secondary N) is 1. The van der Waals surface area contributed by atoms with E-state index in [0.717, 1.165) is 12.3 Å². The lowest BCUT2D eigenvalue weighted by Crippen LogP contribution is -2.29. The normalized spacial score (nSPS) is 21.2. The molecule has 1 aliphatic rings. The van der Waals surface area contributed by atoms with Gasteiger partial charge in [-0.2, -0.15) is 0 Å². The quantitative estimate of drug-likeness (QED) is 0.829. The third kappa shape index (κ3) is 3.86. The van der Waals surface area contributed by atoms with Gasteiger partial charge < -0.3 is 9.74 Å². The predicted octanol–water partition coefficient (Wildman–Crippen LogP) is 3.37. The average molecular weight is 249 g/mol. The van der Waals surface area contributed by atoms with E-state index in [2.05, 4.69) is 49.2 Å². The van der Waals surface area contributed by atoms with Crippen LogP contribution < -0.4 is 9.74 Å². The Kier molecular flexibility index (Phi) is 3.89. The van der Waals surface area contributed by atoms with Crippen LogP contribution in [0.3, 0.4) is 0 Å². The zero-order chi connectivity index (χ0) is 12.3. The van der Waals surface area contributed by atoms with Crippen LogP contribution in [0.15, 0.2) is 24.3 Å². The summed E-state index contributed by atoms with van der Waals surface area (Å²) in [7, 11) is -1.47. The van der Waals surface area contributed by atoms with E-state index in [1.165, 1.54) is 24.9 Å². The molecule has 1 fully saturated rings. The van der Waals surface area contributed by atoms with E-state index in [-0.39, 0.29) is 0 Å². The second kappa shape index (κ2) is 5.23. The third-order valence-corrected chi connectivity index (χ3v) is 3.92. The highest BCUT2D eigenvalue weighted by Gasteiger charge is 2.17. The molecule has 0 saturated carbocycles. The minimum Gasteiger partial charge on any atom is -0.544 e. The van der Waals surface area contributed by atoms with Gasteiger partial charge in [-0.25, -0.2) is 0 Å². The van der Waals surface area contributed by atoms with Crippen molar-refractivity contribution in [2.45, 2.75) is 38.4 Å². The summed E-state index contributed by atoms with van der Waals surface area (Å²) in [5, 5.41) is 3.46. The van der Waals surface area contributed by atoms with Crippen molar-refractivity contribution in [2.24, 2.45) is 0 Å². The van der Waals surface area contributed by atoms with Crippen molar-refractivity contribution in [3.63, 3.8) is 0 Å². The summed E-state index contributed by atoms with van der Waals surface area (Å²) in [6.07, 6.45) is 2.60. The van der Waals surface area contributed by atoms with Gasteiger partial charge in [0.25, 0.3) is 0 Å². The maximum atomic E-state index is 5.97. The van der Waals surface area contributed by atoms with Gasteiger partial charge in [0.05, 0.1) is 0 Å². The molecule has 3 heteroatoms. The van der Waals surface area contributed by atoms with Crippen LogP contribution in [0, 0.1) is 0 Å². The molecule has 0 aromatic heterocycles. The topological polar surface area (TPSA) is 21.3 Å². The number of rotatable bonds is 3. The zero-order valence-corrected chi connectivity index (χ0v) is 12.1. The molecule has 1 aromatic carbocycles. The Balaban J connectivity index is 2.02. The standard InChI is InChI=1S/C14H23NOSi/c1-17(2,3)16-14-8-6-12(7-9-14)13-5-4-10-15-11-13/h6-9,13,15H,4-5,10-11H2,1-3H3. The average Bonchev–Trinajstić information content (AvgIpc) is 2.29. The monoisotopic (exact) mass is 249 g/mol. The molecule has 1 N–H and O–H groups in total. The zero-order valence-electron chi connectivity index (χ0n) is 11.1. The maximum absolute atomic E-state index is 5.97. The van der Waals surface area contributed by atoms with Crippen molar-refractivity contribution in [3.8, 4) is 5.75 Å². The van der Waals surface area contributed by atoms with Crippen molar-refractivity contribution >= 4 is 8.32 Å². The smallest absolute Gasteiger partial charge is 0.242 e. The second-order valence-electron chi connectivity index (χ2n) is 5.83. The minimum atomic E-state index is -1.47. The van der Waals surface area contributed by atoms with Gasteiger partial charge in [-0.1, -0.05) is 12.1 Å². The summed E-state index contributed by atoms with van der Waals surface area (Å²) in [5.41, 5.74) is 1.44. The van der Waals surface area contributed by atoms with E-state index in [9.17, 15) is 0 Å². The first-order chi connectivity index (χ1) is 8.04. The SMILES string of the molecule is C[Si](C)(C)Oc1ccc(C2CCCNC2)cc1. The van der Waals surface area contributed by atoms with Gasteiger partial charge in [0.15, 0.2) is 0 Å². The highest BCUT2D eigenvalue weighted by molar-refractivity contribution is 6.70. The fourth-order valence-corrected chi connectivity index (χ4v) is 3.14. The van der Waals surface area contributed by atoms with Crippen LogP contribution in [0.25, 0.3) is 0 Å². The number of piperidine rings is 1. The predicted molar refractivity (Wildman–Crippen MR) is 75.3 cm³/mol. The first kappa shape index (κ1) is 12.6. The Morgan fingerprint density at radius 2 is 1.88 bits per heavy atom. The molecule has 1 saturated heterocycles. The summed E-state index contributed by atoms with van der Waals surface area (Å²) < 4.78 is 5.97. The van der Waals surface area contributed by atoms with Crippen molar-refractivity contribution < 1.29 is 4.43 Å². The van der Waals surface area contributed by atoms with E-state index in [4.69, 9.17) is 4.43 Å². The summed E-state index contributed by atoms with van der Waals surface area (Å²) >= 11 is 0. The first-order valence-electron chi connectivity index (χ1n) is 6.54. The largest absolute Gasteiger partial charge is 0.544 e. The fourth-order valence-electron chi connectivity index (χ4n) is 2.30. The van der Waals surface area contributed by atoms with Crippen molar-refractivity contribution in [2.75, 3.05) is 13.1 Å². The lowest BCUT2D eigenvalue weighted by atomic mass is 9.92. The van der Waals surface area contributed by atoms with Gasteiger partial charge in [0.1, 0.15) is 5.75 Å². The molecule has 1 unspecified atom stereocenters. The minimum absolute atomic E-state index is 0.685. The molecular weight excluding hydrogens is 226 g/mol. The molecule has 1 heterocycles. The van der Waals surface area contributed by atoms with Crippen LogP contribution in [-0.4, -0.2) is 21.4 Å². The number of hydrogen-bond donors (Lipinski definition) is 1. The molecule has 17 heavy (non-hydrogen) atoms.